The van der Waals surface area contributed by atoms with Crippen molar-refractivity contribution in [1.29, 1.82) is 0 Å². The molecular formula is C13H21ClN2OS. The third-order valence-corrected chi connectivity index (χ3v) is 3.86. The second-order valence-corrected chi connectivity index (χ2v) is 5.97. The summed E-state index contributed by atoms with van der Waals surface area (Å²) >= 11 is 7.32. The highest BCUT2D eigenvalue weighted by Crippen LogP contribution is 2.17. The van der Waals surface area contributed by atoms with Gasteiger partial charge in [0, 0.05) is 23.4 Å². The quantitative estimate of drug-likeness (QED) is 0.453. The number of hydrogen-bond donors (Lipinski definition) is 1. The molecule has 0 radical (unpaired) electrons. The molecule has 0 bridgehead atoms. The largest absolute Gasteiger partial charge is 0.301 e. The molecule has 1 N–H and O–H groups in total. The summed E-state index contributed by atoms with van der Waals surface area (Å²) in [4.78, 5) is 18.7. The number of hydrogen-bond acceptors (Lipinski definition) is 3. The third kappa shape index (κ3) is 5.91. The molecule has 0 saturated carbocycles. The Morgan fingerprint density at radius 2 is 2.28 bits per heavy atom. The zero-order valence-corrected chi connectivity index (χ0v) is 12.6. The van der Waals surface area contributed by atoms with Crippen LogP contribution in [0.2, 0.25) is 0 Å². The van der Waals surface area contributed by atoms with E-state index >= 15 is 0 Å². The van der Waals surface area contributed by atoms with Crippen molar-refractivity contribution < 1.29 is 0 Å². The highest BCUT2D eigenvalue weighted by molar-refractivity contribution is 7.99. The van der Waals surface area contributed by atoms with Crippen LogP contribution in [0, 0.1) is 5.92 Å². The fourth-order valence-electron chi connectivity index (χ4n) is 1.62. The first-order chi connectivity index (χ1) is 8.65. The monoisotopic (exact) mass is 288 g/mol. The first-order valence-corrected chi connectivity index (χ1v) is 7.96. The van der Waals surface area contributed by atoms with Crippen molar-refractivity contribution in [2.45, 2.75) is 44.7 Å². The van der Waals surface area contributed by atoms with E-state index in [4.69, 9.17) is 11.6 Å². The fourth-order valence-corrected chi connectivity index (χ4v) is 3.06. The van der Waals surface area contributed by atoms with Gasteiger partial charge in [-0.15, -0.1) is 11.6 Å². The number of alkyl halides is 1. The molecule has 1 unspecified atom stereocenters. The van der Waals surface area contributed by atoms with E-state index < -0.39 is 0 Å². The molecule has 0 saturated heterocycles. The Morgan fingerprint density at radius 3 is 2.94 bits per heavy atom. The Bertz CT molecular complexity index is 408. The number of H-pyrrole nitrogens is 1. The Labute approximate surface area is 118 Å². The van der Waals surface area contributed by atoms with Crippen LogP contribution in [0.4, 0.5) is 0 Å². The van der Waals surface area contributed by atoms with Gasteiger partial charge < -0.3 is 4.98 Å². The van der Waals surface area contributed by atoms with Crippen molar-refractivity contribution >= 4 is 23.4 Å². The van der Waals surface area contributed by atoms with Gasteiger partial charge in [0.1, 0.15) is 0 Å². The predicted octanol–water partition coefficient (Wildman–Crippen LogP) is 3.47. The zero-order valence-electron chi connectivity index (χ0n) is 11.0. The maximum Gasteiger partial charge on any atom is 0.251 e. The lowest BCUT2D eigenvalue weighted by Crippen LogP contribution is -2.10. The maximum absolute atomic E-state index is 11.5. The summed E-state index contributed by atoms with van der Waals surface area (Å²) in [6.07, 6.45) is 4.01. The molecule has 18 heavy (non-hydrogen) atoms. The lowest BCUT2D eigenvalue weighted by atomic mass is 10.1. The van der Waals surface area contributed by atoms with E-state index in [-0.39, 0.29) is 5.56 Å². The number of nitrogens with one attached hydrogen (secondary N) is 1. The Morgan fingerprint density at radius 1 is 1.50 bits per heavy atom. The summed E-state index contributed by atoms with van der Waals surface area (Å²) in [5.41, 5.74) is 0.835. The molecule has 1 heterocycles. The first-order valence-electron chi connectivity index (χ1n) is 6.44. The molecule has 0 aliphatic heterocycles. The van der Waals surface area contributed by atoms with Crippen LogP contribution < -0.4 is 5.56 Å². The van der Waals surface area contributed by atoms with Crippen molar-refractivity contribution in [2.24, 2.45) is 5.92 Å². The van der Waals surface area contributed by atoms with Crippen LogP contribution in [0.25, 0.3) is 0 Å². The highest BCUT2D eigenvalue weighted by Gasteiger charge is 2.04. The topological polar surface area (TPSA) is 45.8 Å². The van der Waals surface area contributed by atoms with Gasteiger partial charge in [0.2, 0.25) is 0 Å². The molecular weight excluding hydrogens is 268 g/mol. The molecule has 0 fully saturated rings. The second-order valence-electron chi connectivity index (χ2n) is 4.51. The summed E-state index contributed by atoms with van der Waals surface area (Å²) in [6, 6.07) is 1.59. The molecule has 0 aliphatic carbocycles. The molecule has 1 rings (SSSR count). The van der Waals surface area contributed by atoms with E-state index in [0.717, 1.165) is 42.3 Å². The summed E-state index contributed by atoms with van der Waals surface area (Å²) in [6.45, 7) is 4.29. The van der Waals surface area contributed by atoms with Gasteiger partial charge in [0.25, 0.3) is 5.56 Å². The Balaban J connectivity index is 2.49. The van der Waals surface area contributed by atoms with E-state index in [1.807, 2.05) is 0 Å². The van der Waals surface area contributed by atoms with Crippen molar-refractivity contribution in [3.63, 3.8) is 0 Å². The van der Waals surface area contributed by atoms with Gasteiger partial charge in [0.15, 0.2) is 5.16 Å². The lowest BCUT2D eigenvalue weighted by molar-refractivity contribution is 0.551. The van der Waals surface area contributed by atoms with Gasteiger partial charge in [-0.25, -0.2) is 4.98 Å². The van der Waals surface area contributed by atoms with Gasteiger partial charge in [0.05, 0.1) is 0 Å². The molecule has 1 aromatic heterocycles. The van der Waals surface area contributed by atoms with E-state index in [1.54, 1.807) is 17.8 Å². The van der Waals surface area contributed by atoms with E-state index in [0.29, 0.717) is 11.8 Å². The van der Waals surface area contributed by atoms with Crippen LogP contribution in [-0.4, -0.2) is 21.6 Å². The molecule has 0 aromatic carbocycles. The number of thioether (sulfide) groups is 1. The van der Waals surface area contributed by atoms with E-state index in [2.05, 4.69) is 23.8 Å². The van der Waals surface area contributed by atoms with Crippen LogP contribution in [0.5, 0.6) is 0 Å². The maximum atomic E-state index is 11.5. The zero-order chi connectivity index (χ0) is 13.4. The van der Waals surface area contributed by atoms with Crippen LogP contribution in [0.15, 0.2) is 16.0 Å². The number of aromatic nitrogens is 2. The molecule has 0 aliphatic rings. The number of halogens is 1. The highest BCUT2D eigenvalue weighted by atomic mass is 35.5. The van der Waals surface area contributed by atoms with Crippen molar-refractivity contribution in [3.8, 4) is 0 Å². The predicted molar refractivity (Wildman–Crippen MR) is 78.7 cm³/mol. The summed E-state index contributed by atoms with van der Waals surface area (Å²) < 4.78 is 0. The number of nitrogens with zero attached hydrogens (tertiary/aromatic N) is 1. The number of aromatic amines is 1. The number of aryl methyl sites for hydroxylation is 1. The SMILES string of the molecule is CCCc1cc(=O)[nH]c(SCCC(C)CCCl)n1. The minimum absolute atomic E-state index is 0.0512. The van der Waals surface area contributed by atoms with Gasteiger partial charge in [-0.2, -0.15) is 0 Å². The Kier molecular flexibility index (Phi) is 7.44. The van der Waals surface area contributed by atoms with Crippen molar-refractivity contribution in [2.75, 3.05) is 11.6 Å². The summed E-state index contributed by atoms with van der Waals surface area (Å²) in [5.74, 6) is 2.31. The normalized spacial score (nSPS) is 12.6. The van der Waals surface area contributed by atoms with Crippen LogP contribution in [-0.2, 0) is 6.42 Å². The van der Waals surface area contributed by atoms with Gasteiger partial charge in [-0.1, -0.05) is 32.0 Å². The van der Waals surface area contributed by atoms with Crippen LogP contribution in [0.3, 0.4) is 0 Å². The van der Waals surface area contributed by atoms with Crippen LogP contribution >= 0.6 is 23.4 Å². The summed E-state index contributed by atoms with van der Waals surface area (Å²) in [7, 11) is 0. The average molecular weight is 289 g/mol. The molecule has 1 atom stereocenters. The fraction of sp³-hybridized carbons (Fsp3) is 0.692. The smallest absolute Gasteiger partial charge is 0.251 e. The van der Waals surface area contributed by atoms with Crippen molar-refractivity contribution in [3.05, 3.63) is 22.1 Å². The first kappa shape index (κ1) is 15.6. The van der Waals surface area contributed by atoms with E-state index in [9.17, 15) is 4.79 Å². The minimum Gasteiger partial charge on any atom is -0.301 e. The summed E-state index contributed by atoms with van der Waals surface area (Å²) in [5, 5.41) is 0.740. The average Bonchev–Trinajstić information content (AvgIpc) is 2.29. The molecule has 1 aromatic rings. The molecule has 102 valence electrons. The van der Waals surface area contributed by atoms with Crippen LogP contribution in [0.1, 0.15) is 38.8 Å². The molecule has 5 heteroatoms. The molecule has 0 amide bonds. The van der Waals surface area contributed by atoms with E-state index in [1.165, 1.54) is 0 Å². The van der Waals surface area contributed by atoms with Gasteiger partial charge >= 0.3 is 0 Å². The minimum atomic E-state index is -0.0512. The number of rotatable bonds is 8. The van der Waals surface area contributed by atoms with Gasteiger partial charge in [-0.3, -0.25) is 4.79 Å². The lowest BCUT2D eigenvalue weighted by Gasteiger charge is -2.08. The third-order valence-electron chi connectivity index (χ3n) is 2.73. The Hall–Kier alpha value is -0.480. The van der Waals surface area contributed by atoms with Gasteiger partial charge in [-0.05, 0) is 25.2 Å². The second kappa shape index (κ2) is 8.59. The standard InChI is InChI=1S/C13H21ClN2OS/c1-3-4-11-9-12(17)16-13(15-11)18-8-6-10(2)5-7-14/h9-10H,3-8H2,1-2H3,(H,15,16,17). The van der Waals surface area contributed by atoms with Crippen molar-refractivity contribution in [1.82, 2.24) is 9.97 Å². The molecule has 3 nitrogen and oxygen atoms in total. The molecule has 0 spiro atoms.